The molecular weight excluding hydrogens is 302 g/mol. The maximum atomic E-state index is 11.8. The predicted octanol–water partition coefficient (Wildman–Crippen LogP) is 3.26. The maximum Gasteiger partial charge on any atom is 0.223 e. The van der Waals surface area contributed by atoms with Crippen LogP contribution in [0.1, 0.15) is 29.2 Å². The summed E-state index contributed by atoms with van der Waals surface area (Å²) >= 11 is 0. The van der Waals surface area contributed by atoms with Crippen LogP contribution in [-0.4, -0.2) is 24.7 Å². The van der Waals surface area contributed by atoms with Crippen molar-refractivity contribution < 1.29 is 14.6 Å². The fourth-order valence-corrected chi connectivity index (χ4v) is 2.21. The van der Waals surface area contributed by atoms with Gasteiger partial charge in [0.1, 0.15) is 5.75 Å². The molecule has 2 rings (SSSR count). The van der Waals surface area contributed by atoms with Crippen molar-refractivity contribution in [1.82, 2.24) is 5.32 Å². The zero-order valence-corrected chi connectivity index (χ0v) is 14.0. The SMILES string of the molecule is COc1ccc(C(O)CNC(=O)C/C=C/c2ccc(C)cc2)cc1. The number of ether oxygens (including phenoxy) is 1. The number of carbonyl (C=O) groups is 1. The number of benzene rings is 2. The number of rotatable bonds is 7. The monoisotopic (exact) mass is 325 g/mol. The fraction of sp³-hybridized carbons (Fsp3) is 0.250. The third kappa shape index (κ3) is 5.56. The number of hydrogen-bond acceptors (Lipinski definition) is 3. The van der Waals surface area contributed by atoms with E-state index in [4.69, 9.17) is 4.74 Å². The summed E-state index contributed by atoms with van der Waals surface area (Å²) in [6.45, 7) is 2.22. The number of methoxy groups -OCH3 is 1. The van der Waals surface area contributed by atoms with Gasteiger partial charge in [-0.05, 0) is 30.2 Å². The Morgan fingerprint density at radius 2 is 1.83 bits per heavy atom. The molecule has 1 atom stereocenters. The lowest BCUT2D eigenvalue weighted by atomic mass is 10.1. The summed E-state index contributed by atoms with van der Waals surface area (Å²) in [5.74, 6) is 0.613. The number of aliphatic hydroxyl groups excluding tert-OH is 1. The maximum absolute atomic E-state index is 11.8. The van der Waals surface area contributed by atoms with Crippen LogP contribution in [0.3, 0.4) is 0 Å². The van der Waals surface area contributed by atoms with Gasteiger partial charge >= 0.3 is 0 Å². The summed E-state index contributed by atoms with van der Waals surface area (Å²) in [6.07, 6.45) is 3.28. The van der Waals surface area contributed by atoms with Crippen molar-refractivity contribution in [2.45, 2.75) is 19.4 Å². The van der Waals surface area contributed by atoms with Gasteiger partial charge in [-0.3, -0.25) is 4.79 Å². The van der Waals surface area contributed by atoms with Crippen LogP contribution in [0.2, 0.25) is 0 Å². The van der Waals surface area contributed by atoms with E-state index in [1.165, 1.54) is 5.56 Å². The standard InChI is InChI=1S/C20H23NO3/c1-15-6-8-16(9-7-15)4-3-5-20(23)21-14-19(22)17-10-12-18(24-2)13-11-17/h3-4,6-13,19,22H,5,14H2,1-2H3,(H,21,23)/b4-3+. The largest absolute Gasteiger partial charge is 0.497 e. The van der Waals surface area contributed by atoms with Crippen LogP contribution < -0.4 is 10.1 Å². The molecule has 2 aromatic carbocycles. The molecule has 0 heterocycles. The van der Waals surface area contributed by atoms with Gasteiger partial charge in [0, 0.05) is 13.0 Å². The summed E-state index contributed by atoms with van der Waals surface area (Å²) in [7, 11) is 1.59. The first-order chi connectivity index (χ1) is 11.6. The Labute approximate surface area is 142 Å². The molecule has 0 aromatic heterocycles. The van der Waals surface area contributed by atoms with Crippen LogP contribution in [-0.2, 0) is 4.79 Å². The summed E-state index contributed by atoms with van der Waals surface area (Å²) in [6, 6.07) is 15.2. The average Bonchev–Trinajstić information content (AvgIpc) is 2.61. The van der Waals surface area contributed by atoms with E-state index in [-0.39, 0.29) is 18.9 Å². The number of nitrogens with one attached hydrogen (secondary N) is 1. The summed E-state index contributed by atoms with van der Waals surface area (Å²) in [5.41, 5.74) is 3.01. The highest BCUT2D eigenvalue weighted by Gasteiger charge is 2.09. The van der Waals surface area contributed by atoms with Crippen molar-refractivity contribution in [3.05, 3.63) is 71.3 Å². The second kappa shape index (κ2) is 8.89. The molecule has 1 unspecified atom stereocenters. The number of amides is 1. The van der Waals surface area contributed by atoms with Crippen LogP contribution in [0.5, 0.6) is 5.75 Å². The molecule has 0 saturated carbocycles. The molecule has 1 amide bonds. The molecule has 2 aromatic rings. The Bertz CT molecular complexity index is 675. The molecule has 0 bridgehead atoms. The molecule has 4 heteroatoms. The van der Waals surface area contributed by atoms with Gasteiger partial charge in [0.05, 0.1) is 13.2 Å². The van der Waals surface area contributed by atoms with Crippen LogP contribution in [0.25, 0.3) is 6.08 Å². The van der Waals surface area contributed by atoms with Crippen LogP contribution in [0.4, 0.5) is 0 Å². The van der Waals surface area contributed by atoms with Crippen LogP contribution in [0.15, 0.2) is 54.6 Å². The number of aliphatic hydroxyl groups is 1. The highest BCUT2D eigenvalue weighted by Crippen LogP contribution is 2.17. The molecule has 0 saturated heterocycles. The van der Waals surface area contributed by atoms with Crippen molar-refractivity contribution in [2.24, 2.45) is 0 Å². The number of aryl methyl sites for hydroxylation is 1. The lowest BCUT2D eigenvalue weighted by molar-refractivity contribution is -0.120. The van der Waals surface area contributed by atoms with Gasteiger partial charge in [-0.1, -0.05) is 54.1 Å². The van der Waals surface area contributed by atoms with E-state index >= 15 is 0 Å². The Morgan fingerprint density at radius 1 is 1.17 bits per heavy atom. The van der Waals surface area contributed by atoms with Gasteiger partial charge in [-0.15, -0.1) is 0 Å². The zero-order chi connectivity index (χ0) is 17.4. The molecule has 0 aliphatic rings. The minimum absolute atomic E-state index is 0.120. The van der Waals surface area contributed by atoms with E-state index in [0.29, 0.717) is 0 Å². The minimum Gasteiger partial charge on any atom is -0.497 e. The van der Waals surface area contributed by atoms with E-state index in [1.807, 2.05) is 43.3 Å². The van der Waals surface area contributed by atoms with Gasteiger partial charge in [0.25, 0.3) is 0 Å². The van der Waals surface area contributed by atoms with E-state index < -0.39 is 6.10 Å². The highest BCUT2D eigenvalue weighted by atomic mass is 16.5. The Kier molecular flexibility index (Phi) is 6.58. The molecule has 126 valence electrons. The first-order valence-corrected chi connectivity index (χ1v) is 7.90. The first-order valence-electron chi connectivity index (χ1n) is 7.90. The second-order valence-electron chi connectivity index (χ2n) is 5.61. The quantitative estimate of drug-likeness (QED) is 0.821. The lowest BCUT2D eigenvalue weighted by Crippen LogP contribution is -2.27. The van der Waals surface area contributed by atoms with Gasteiger partial charge in [0.2, 0.25) is 5.91 Å². The van der Waals surface area contributed by atoms with Crippen molar-refractivity contribution in [3.63, 3.8) is 0 Å². The molecule has 0 radical (unpaired) electrons. The normalized spacial score (nSPS) is 12.1. The van der Waals surface area contributed by atoms with Crippen molar-refractivity contribution >= 4 is 12.0 Å². The highest BCUT2D eigenvalue weighted by molar-refractivity contribution is 5.78. The van der Waals surface area contributed by atoms with Crippen LogP contribution in [0, 0.1) is 6.92 Å². The number of hydrogen-bond donors (Lipinski definition) is 2. The van der Waals surface area contributed by atoms with Crippen molar-refractivity contribution in [2.75, 3.05) is 13.7 Å². The van der Waals surface area contributed by atoms with Crippen LogP contribution >= 0.6 is 0 Å². The smallest absolute Gasteiger partial charge is 0.223 e. The molecule has 0 aliphatic heterocycles. The van der Waals surface area contributed by atoms with Gasteiger partial charge < -0.3 is 15.2 Å². The number of carbonyl (C=O) groups excluding carboxylic acids is 1. The fourth-order valence-electron chi connectivity index (χ4n) is 2.21. The van der Waals surface area contributed by atoms with E-state index in [0.717, 1.165) is 16.9 Å². The Morgan fingerprint density at radius 3 is 2.46 bits per heavy atom. The predicted molar refractivity (Wildman–Crippen MR) is 95.8 cm³/mol. The molecule has 0 aliphatic carbocycles. The van der Waals surface area contributed by atoms with Crippen molar-refractivity contribution in [3.8, 4) is 5.75 Å². The van der Waals surface area contributed by atoms with Gasteiger partial charge in [-0.2, -0.15) is 0 Å². The molecule has 4 nitrogen and oxygen atoms in total. The molecule has 24 heavy (non-hydrogen) atoms. The summed E-state index contributed by atoms with van der Waals surface area (Å²) < 4.78 is 5.08. The molecule has 0 fully saturated rings. The summed E-state index contributed by atoms with van der Waals surface area (Å²) in [4.78, 5) is 11.8. The van der Waals surface area contributed by atoms with Gasteiger partial charge in [0.15, 0.2) is 0 Å². The zero-order valence-electron chi connectivity index (χ0n) is 14.0. The minimum atomic E-state index is -0.735. The average molecular weight is 325 g/mol. The third-order valence-corrected chi connectivity index (χ3v) is 3.68. The topological polar surface area (TPSA) is 58.6 Å². The third-order valence-electron chi connectivity index (χ3n) is 3.68. The second-order valence-corrected chi connectivity index (χ2v) is 5.61. The Balaban J connectivity index is 1.76. The van der Waals surface area contributed by atoms with Gasteiger partial charge in [-0.25, -0.2) is 0 Å². The first kappa shape index (κ1) is 17.8. The summed E-state index contributed by atoms with van der Waals surface area (Å²) in [5, 5.41) is 12.8. The van der Waals surface area contributed by atoms with E-state index in [9.17, 15) is 9.90 Å². The van der Waals surface area contributed by atoms with Crippen molar-refractivity contribution in [1.29, 1.82) is 0 Å². The van der Waals surface area contributed by atoms with E-state index in [1.54, 1.807) is 31.4 Å². The molecular formula is C20H23NO3. The Hall–Kier alpha value is -2.59. The molecule has 0 spiro atoms. The van der Waals surface area contributed by atoms with E-state index in [2.05, 4.69) is 5.32 Å². The molecule has 2 N–H and O–H groups in total. The lowest BCUT2D eigenvalue weighted by Gasteiger charge is -2.12.